The molecule has 1 amide bonds. The molecule has 0 bridgehead atoms. The van der Waals surface area contributed by atoms with Gasteiger partial charge in [-0.3, -0.25) is 4.79 Å². The van der Waals surface area contributed by atoms with E-state index in [1.165, 1.54) is 17.0 Å². The lowest BCUT2D eigenvalue weighted by Gasteiger charge is -2.19. The molecule has 150 valence electrons. The molecule has 0 unspecified atom stereocenters. The molecule has 0 radical (unpaired) electrons. The van der Waals surface area contributed by atoms with Crippen molar-refractivity contribution in [1.29, 1.82) is 0 Å². The van der Waals surface area contributed by atoms with Crippen molar-refractivity contribution in [2.24, 2.45) is 0 Å². The lowest BCUT2D eigenvalue weighted by atomic mass is 10.0. The molecule has 2 rings (SSSR count). The van der Waals surface area contributed by atoms with Gasteiger partial charge in [-0.1, -0.05) is 12.1 Å². The number of carbonyl (C=O) groups excluding carboxylic acids is 1. The highest BCUT2D eigenvalue weighted by molar-refractivity contribution is 5.94. The van der Waals surface area contributed by atoms with Crippen LogP contribution in [0, 0.1) is 13.8 Å². The number of carbonyl (C=O) groups is 2. The van der Waals surface area contributed by atoms with Gasteiger partial charge in [-0.05, 0) is 54.8 Å². The van der Waals surface area contributed by atoms with Crippen LogP contribution in [0.4, 0.5) is 8.78 Å². The van der Waals surface area contributed by atoms with Crippen molar-refractivity contribution in [1.82, 2.24) is 4.90 Å². The summed E-state index contributed by atoms with van der Waals surface area (Å²) in [5, 5.41) is 8.74. The molecule has 1 N–H and O–H groups in total. The largest absolute Gasteiger partial charge is 0.481 e. The van der Waals surface area contributed by atoms with Crippen molar-refractivity contribution in [3.63, 3.8) is 0 Å². The number of carboxylic acid groups (broad SMARTS) is 1. The molecule has 2 aromatic rings. The summed E-state index contributed by atoms with van der Waals surface area (Å²) >= 11 is 0. The van der Waals surface area contributed by atoms with Crippen molar-refractivity contribution in [2.75, 3.05) is 13.7 Å². The zero-order chi connectivity index (χ0) is 20.8. The van der Waals surface area contributed by atoms with Crippen LogP contribution >= 0.6 is 0 Å². The third-order valence-corrected chi connectivity index (χ3v) is 3.96. The van der Waals surface area contributed by atoms with Gasteiger partial charge in [0.15, 0.2) is 6.61 Å². The predicted molar refractivity (Wildman–Crippen MR) is 97.9 cm³/mol. The molecule has 0 fully saturated rings. The van der Waals surface area contributed by atoms with Crippen molar-refractivity contribution >= 4 is 11.9 Å². The molecule has 2 aromatic carbocycles. The first kappa shape index (κ1) is 21.1. The zero-order valence-electron chi connectivity index (χ0n) is 15.7. The number of hydrogen-bond acceptors (Lipinski definition) is 4. The summed E-state index contributed by atoms with van der Waals surface area (Å²) in [6, 6.07) is 9.35. The first-order valence-corrected chi connectivity index (χ1v) is 8.42. The Balaban J connectivity index is 2.09. The minimum Gasteiger partial charge on any atom is -0.481 e. The van der Waals surface area contributed by atoms with E-state index in [9.17, 15) is 18.4 Å². The highest BCUT2D eigenvalue weighted by atomic mass is 19.3. The van der Waals surface area contributed by atoms with Crippen LogP contribution in [0.1, 0.15) is 27.0 Å². The zero-order valence-corrected chi connectivity index (χ0v) is 15.7. The minimum absolute atomic E-state index is 0.0518. The van der Waals surface area contributed by atoms with Crippen LogP contribution < -0.4 is 9.47 Å². The SMILES string of the molecule is Cc1cc(C(=O)N(C)Cc2ccc(OC(F)F)cc2)cc(C)c1OCC(=O)O. The quantitative estimate of drug-likeness (QED) is 0.741. The Morgan fingerprint density at radius 1 is 1.11 bits per heavy atom. The number of aliphatic carboxylic acids is 1. The summed E-state index contributed by atoms with van der Waals surface area (Å²) in [6.45, 7) is 0.415. The van der Waals surface area contributed by atoms with Gasteiger partial charge in [0, 0.05) is 19.2 Å². The van der Waals surface area contributed by atoms with E-state index in [0.717, 1.165) is 5.56 Å². The number of alkyl halides is 2. The third kappa shape index (κ3) is 5.67. The van der Waals surface area contributed by atoms with Crippen LogP contribution in [-0.2, 0) is 11.3 Å². The molecule has 0 heterocycles. The number of halogens is 2. The monoisotopic (exact) mass is 393 g/mol. The molecule has 0 aliphatic rings. The maximum absolute atomic E-state index is 12.7. The molecule has 0 atom stereocenters. The normalized spacial score (nSPS) is 10.6. The number of rotatable bonds is 8. The first-order chi connectivity index (χ1) is 13.2. The maximum atomic E-state index is 12.7. The van der Waals surface area contributed by atoms with Gasteiger partial charge in [0.1, 0.15) is 11.5 Å². The molecular weight excluding hydrogens is 372 g/mol. The molecule has 0 aliphatic carbocycles. The number of aryl methyl sites for hydroxylation is 2. The Kier molecular flexibility index (Phi) is 6.92. The first-order valence-electron chi connectivity index (χ1n) is 8.42. The summed E-state index contributed by atoms with van der Waals surface area (Å²) in [6.07, 6.45) is 0. The fourth-order valence-corrected chi connectivity index (χ4v) is 2.78. The lowest BCUT2D eigenvalue weighted by Crippen LogP contribution is -2.26. The van der Waals surface area contributed by atoms with Crippen LogP contribution in [0.5, 0.6) is 11.5 Å². The van der Waals surface area contributed by atoms with E-state index in [-0.39, 0.29) is 18.2 Å². The topological polar surface area (TPSA) is 76.1 Å². The van der Waals surface area contributed by atoms with Crippen LogP contribution in [0.3, 0.4) is 0 Å². The average molecular weight is 393 g/mol. The smallest absolute Gasteiger partial charge is 0.387 e. The van der Waals surface area contributed by atoms with E-state index >= 15 is 0 Å². The Bertz CT molecular complexity index is 829. The lowest BCUT2D eigenvalue weighted by molar-refractivity contribution is -0.139. The van der Waals surface area contributed by atoms with E-state index in [1.54, 1.807) is 45.2 Å². The van der Waals surface area contributed by atoms with E-state index < -0.39 is 19.2 Å². The molecule has 28 heavy (non-hydrogen) atoms. The summed E-state index contributed by atoms with van der Waals surface area (Å²) in [5.41, 5.74) is 2.52. The van der Waals surface area contributed by atoms with Crippen LogP contribution in [-0.4, -0.2) is 42.1 Å². The second-order valence-electron chi connectivity index (χ2n) is 6.31. The Morgan fingerprint density at radius 2 is 1.68 bits per heavy atom. The predicted octanol–water partition coefficient (Wildman–Crippen LogP) is 3.64. The standard InChI is InChI=1S/C20H21F2NO5/c1-12-8-15(9-13(2)18(12)27-11-17(24)25)19(26)23(3)10-14-4-6-16(7-5-14)28-20(21)22/h4-9,20H,10-11H2,1-3H3,(H,24,25). The molecule has 0 aromatic heterocycles. The molecular formula is C20H21F2NO5. The van der Waals surface area contributed by atoms with E-state index in [2.05, 4.69) is 4.74 Å². The van der Waals surface area contributed by atoms with Gasteiger partial charge in [0.05, 0.1) is 0 Å². The van der Waals surface area contributed by atoms with E-state index in [1.807, 2.05) is 0 Å². The molecule has 8 heteroatoms. The van der Waals surface area contributed by atoms with Gasteiger partial charge in [-0.2, -0.15) is 8.78 Å². The third-order valence-electron chi connectivity index (χ3n) is 3.96. The maximum Gasteiger partial charge on any atom is 0.387 e. The van der Waals surface area contributed by atoms with Crippen LogP contribution in [0.25, 0.3) is 0 Å². The summed E-state index contributed by atoms with van der Waals surface area (Å²) in [7, 11) is 1.63. The summed E-state index contributed by atoms with van der Waals surface area (Å²) in [5.74, 6) is -0.820. The van der Waals surface area contributed by atoms with E-state index in [4.69, 9.17) is 9.84 Å². The van der Waals surface area contributed by atoms with Gasteiger partial charge in [0.2, 0.25) is 0 Å². The summed E-state index contributed by atoms with van der Waals surface area (Å²) in [4.78, 5) is 24.9. The minimum atomic E-state index is -2.89. The number of benzene rings is 2. The number of hydrogen-bond donors (Lipinski definition) is 1. The van der Waals surface area contributed by atoms with Gasteiger partial charge < -0.3 is 19.5 Å². The highest BCUT2D eigenvalue weighted by Crippen LogP contribution is 2.26. The van der Waals surface area contributed by atoms with Gasteiger partial charge in [0.25, 0.3) is 5.91 Å². The Morgan fingerprint density at radius 3 is 2.18 bits per heavy atom. The second-order valence-corrected chi connectivity index (χ2v) is 6.31. The number of nitrogens with zero attached hydrogens (tertiary/aromatic N) is 1. The molecule has 0 saturated heterocycles. The molecule has 0 spiro atoms. The van der Waals surface area contributed by atoms with Gasteiger partial charge in [-0.25, -0.2) is 4.79 Å². The molecule has 0 aliphatic heterocycles. The number of carboxylic acids is 1. The summed E-state index contributed by atoms with van der Waals surface area (Å²) < 4.78 is 34.0. The van der Waals surface area contributed by atoms with Crippen molar-refractivity contribution in [3.8, 4) is 11.5 Å². The van der Waals surface area contributed by atoms with Crippen molar-refractivity contribution in [3.05, 3.63) is 58.7 Å². The van der Waals surface area contributed by atoms with E-state index in [0.29, 0.717) is 22.4 Å². The molecule has 0 saturated carbocycles. The Labute approximate surface area is 161 Å². The second kappa shape index (κ2) is 9.16. The Hall–Kier alpha value is -3.16. The van der Waals surface area contributed by atoms with Crippen molar-refractivity contribution < 1.29 is 33.0 Å². The fraction of sp³-hybridized carbons (Fsp3) is 0.300. The van der Waals surface area contributed by atoms with Crippen LogP contribution in [0.15, 0.2) is 36.4 Å². The fourth-order valence-electron chi connectivity index (χ4n) is 2.78. The average Bonchev–Trinajstić information content (AvgIpc) is 2.61. The van der Waals surface area contributed by atoms with Crippen LogP contribution in [0.2, 0.25) is 0 Å². The number of amides is 1. The van der Waals surface area contributed by atoms with Gasteiger partial charge in [-0.15, -0.1) is 0 Å². The number of ether oxygens (including phenoxy) is 2. The van der Waals surface area contributed by atoms with Gasteiger partial charge >= 0.3 is 12.6 Å². The highest BCUT2D eigenvalue weighted by Gasteiger charge is 2.16. The molecule has 6 nitrogen and oxygen atoms in total. The van der Waals surface area contributed by atoms with Crippen molar-refractivity contribution in [2.45, 2.75) is 27.0 Å².